The molecule has 1 aliphatic rings. The average Bonchev–Trinajstić information content (AvgIpc) is 3.22. The van der Waals surface area contributed by atoms with Crippen LogP contribution in [0.4, 0.5) is 8.78 Å². The molecule has 0 radical (unpaired) electrons. The van der Waals surface area contributed by atoms with Crippen molar-refractivity contribution in [1.82, 2.24) is 15.2 Å². The summed E-state index contributed by atoms with van der Waals surface area (Å²) >= 11 is 0. The van der Waals surface area contributed by atoms with Crippen molar-refractivity contribution < 1.29 is 23.0 Å². The second kappa shape index (κ2) is 7.94. The zero-order chi connectivity index (χ0) is 18.5. The van der Waals surface area contributed by atoms with E-state index < -0.39 is 6.61 Å². The second-order valence-electron chi connectivity index (χ2n) is 5.66. The van der Waals surface area contributed by atoms with Crippen LogP contribution in [0, 0.1) is 0 Å². The van der Waals surface area contributed by atoms with Gasteiger partial charge in [0.2, 0.25) is 6.79 Å². The number of hydrogen-bond acceptors (Lipinski definition) is 4. The number of halogens is 2. The van der Waals surface area contributed by atoms with E-state index in [4.69, 9.17) is 9.47 Å². The van der Waals surface area contributed by atoms with Gasteiger partial charge in [-0.05, 0) is 17.7 Å². The number of aliphatic imine (C=N–C) groups is 1. The van der Waals surface area contributed by atoms with E-state index in [0.29, 0.717) is 29.6 Å². The third-order valence-corrected chi connectivity index (χ3v) is 3.79. The molecule has 140 valence electrons. The van der Waals surface area contributed by atoms with Crippen LogP contribution in [-0.4, -0.2) is 31.0 Å². The number of fused-ring (bicyclic) bond motifs is 1. The fourth-order valence-electron chi connectivity index (χ4n) is 2.56. The number of nitrogens with one attached hydrogen (secondary N) is 2. The molecule has 7 nitrogen and oxygen atoms in total. The van der Waals surface area contributed by atoms with Gasteiger partial charge >= 0.3 is 6.61 Å². The van der Waals surface area contributed by atoms with Crippen molar-refractivity contribution in [2.45, 2.75) is 19.7 Å². The monoisotopic (exact) mass is 366 g/mol. The van der Waals surface area contributed by atoms with Gasteiger partial charge in [0.25, 0.3) is 0 Å². The van der Waals surface area contributed by atoms with E-state index in [9.17, 15) is 8.78 Å². The molecule has 26 heavy (non-hydrogen) atoms. The molecule has 2 aromatic rings. The summed E-state index contributed by atoms with van der Waals surface area (Å²) in [7, 11) is 3.58. The zero-order valence-electron chi connectivity index (χ0n) is 14.5. The summed E-state index contributed by atoms with van der Waals surface area (Å²) in [5, 5.41) is 6.24. The van der Waals surface area contributed by atoms with E-state index in [-0.39, 0.29) is 19.1 Å². The van der Waals surface area contributed by atoms with Crippen LogP contribution in [0.5, 0.6) is 17.2 Å². The number of ether oxygens (including phenoxy) is 3. The van der Waals surface area contributed by atoms with Gasteiger partial charge in [0.15, 0.2) is 17.5 Å². The molecule has 9 heteroatoms. The zero-order valence-corrected chi connectivity index (χ0v) is 14.5. The summed E-state index contributed by atoms with van der Waals surface area (Å²) < 4.78 is 42.4. The molecule has 0 atom stereocenters. The van der Waals surface area contributed by atoms with E-state index in [0.717, 1.165) is 5.56 Å². The Morgan fingerprint density at radius 2 is 2.00 bits per heavy atom. The highest BCUT2D eigenvalue weighted by atomic mass is 19.3. The highest BCUT2D eigenvalue weighted by Crippen LogP contribution is 2.38. The average molecular weight is 366 g/mol. The van der Waals surface area contributed by atoms with Crippen LogP contribution in [0.3, 0.4) is 0 Å². The maximum Gasteiger partial charge on any atom is 0.387 e. The fraction of sp³-hybridized carbons (Fsp3) is 0.353. The quantitative estimate of drug-likeness (QED) is 0.606. The first-order valence-electron chi connectivity index (χ1n) is 7.98. The van der Waals surface area contributed by atoms with Gasteiger partial charge in [0.05, 0.1) is 0 Å². The lowest BCUT2D eigenvalue weighted by atomic mass is 10.1. The Morgan fingerprint density at radius 3 is 2.65 bits per heavy atom. The minimum absolute atomic E-state index is 0.0373. The number of nitrogens with zero attached hydrogens (tertiary/aromatic N) is 2. The largest absolute Gasteiger partial charge is 0.454 e. The van der Waals surface area contributed by atoms with Crippen LogP contribution in [0.15, 0.2) is 35.6 Å². The van der Waals surface area contributed by atoms with Crippen LogP contribution in [0.1, 0.15) is 11.1 Å². The molecular formula is C17H20F2N4O3. The van der Waals surface area contributed by atoms with Crippen molar-refractivity contribution in [2.75, 3.05) is 13.8 Å². The predicted molar refractivity (Wildman–Crippen MR) is 91.6 cm³/mol. The summed E-state index contributed by atoms with van der Waals surface area (Å²) in [5.74, 6) is 1.46. The lowest BCUT2D eigenvalue weighted by Gasteiger charge is -2.15. The summed E-state index contributed by atoms with van der Waals surface area (Å²) in [6.45, 7) is -2.06. The molecule has 0 aliphatic carbocycles. The Balaban J connectivity index is 1.65. The van der Waals surface area contributed by atoms with Gasteiger partial charge in [-0.1, -0.05) is 0 Å². The topological polar surface area (TPSA) is 69.0 Å². The normalized spacial score (nSPS) is 13.2. The summed E-state index contributed by atoms with van der Waals surface area (Å²) in [6.07, 6.45) is 3.94. The standard InChI is InChI=1S/C17H20F2N4O3/c1-20-17(21-7-11-3-4-23(2)9-11)22-8-12-5-14-15(25-10-24-14)6-13(12)26-16(18)19/h3-6,9,16H,7-8,10H2,1-2H3,(H2,20,21,22). The Bertz CT molecular complexity index is 792. The van der Waals surface area contributed by atoms with Gasteiger partial charge < -0.3 is 29.4 Å². The maximum atomic E-state index is 12.7. The van der Waals surface area contributed by atoms with Gasteiger partial charge in [-0.15, -0.1) is 0 Å². The van der Waals surface area contributed by atoms with Crippen molar-refractivity contribution in [3.05, 3.63) is 41.7 Å². The van der Waals surface area contributed by atoms with Gasteiger partial charge in [-0.3, -0.25) is 4.99 Å². The lowest BCUT2D eigenvalue weighted by Crippen LogP contribution is -2.36. The van der Waals surface area contributed by atoms with E-state index in [1.165, 1.54) is 6.07 Å². The number of benzene rings is 1. The van der Waals surface area contributed by atoms with Crippen LogP contribution >= 0.6 is 0 Å². The van der Waals surface area contributed by atoms with Gasteiger partial charge in [0, 0.05) is 51.2 Å². The molecule has 1 aliphatic heterocycles. The molecule has 0 unspecified atom stereocenters. The van der Waals surface area contributed by atoms with Crippen LogP contribution < -0.4 is 24.8 Å². The highest BCUT2D eigenvalue weighted by molar-refractivity contribution is 5.79. The Labute approximate surface area is 149 Å². The molecule has 3 rings (SSSR count). The number of rotatable bonds is 6. The van der Waals surface area contributed by atoms with Crippen molar-refractivity contribution in [2.24, 2.45) is 12.0 Å². The first kappa shape index (κ1) is 17.8. The third-order valence-electron chi connectivity index (χ3n) is 3.79. The fourth-order valence-corrected chi connectivity index (χ4v) is 2.56. The van der Waals surface area contributed by atoms with Crippen molar-refractivity contribution >= 4 is 5.96 Å². The van der Waals surface area contributed by atoms with Crippen molar-refractivity contribution in [3.63, 3.8) is 0 Å². The molecule has 0 bridgehead atoms. The molecule has 1 aromatic heterocycles. The van der Waals surface area contributed by atoms with Crippen LogP contribution in [0.25, 0.3) is 0 Å². The number of aromatic nitrogens is 1. The Morgan fingerprint density at radius 1 is 1.27 bits per heavy atom. The third kappa shape index (κ3) is 4.35. The lowest BCUT2D eigenvalue weighted by molar-refractivity contribution is -0.0505. The maximum absolute atomic E-state index is 12.7. The molecular weight excluding hydrogens is 346 g/mol. The van der Waals surface area contributed by atoms with E-state index in [1.807, 2.05) is 30.1 Å². The minimum Gasteiger partial charge on any atom is -0.454 e. The Hall–Kier alpha value is -2.97. The summed E-state index contributed by atoms with van der Waals surface area (Å²) in [4.78, 5) is 4.13. The molecule has 0 amide bonds. The second-order valence-corrected chi connectivity index (χ2v) is 5.66. The molecule has 0 saturated carbocycles. The molecule has 0 fully saturated rings. The Kier molecular flexibility index (Phi) is 5.45. The van der Waals surface area contributed by atoms with Gasteiger partial charge in [-0.2, -0.15) is 8.78 Å². The highest BCUT2D eigenvalue weighted by Gasteiger charge is 2.20. The number of guanidine groups is 1. The first-order chi connectivity index (χ1) is 12.5. The number of alkyl halides is 2. The number of hydrogen-bond donors (Lipinski definition) is 2. The molecule has 2 N–H and O–H groups in total. The van der Waals surface area contributed by atoms with Crippen LogP contribution in [0.2, 0.25) is 0 Å². The van der Waals surface area contributed by atoms with Gasteiger partial charge in [-0.25, -0.2) is 0 Å². The molecule has 0 saturated heterocycles. The number of aryl methyl sites for hydroxylation is 1. The van der Waals surface area contributed by atoms with Crippen molar-refractivity contribution in [3.8, 4) is 17.2 Å². The molecule has 0 spiro atoms. The summed E-state index contributed by atoms with van der Waals surface area (Å²) in [5.41, 5.74) is 1.61. The van der Waals surface area contributed by atoms with E-state index in [1.54, 1.807) is 13.1 Å². The first-order valence-corrected chi connectivity index (χ1v) is 7.98. The molecule has 1 aromatic carbocycles. The van der Waals surface area contributed by atoms with Gasteiger partial charge in [0.1, 0.15) is 5.75 Å². The van der Waals surface area contributed by atoms with E-state index >= 15 is 0 Å². The van der Waals surface area contributed by atoms with Crippen LogP contribution in [-0.2, 0) is 20.1 Å². The minimum atomic E-state index is -2.93. The predicted octanol–water partition coefficient (Wildman–Crippen LogP) is 2.22. The SMILES string of the molecule is CN=C(NCc1ccn(C)c1)NCc1cc2c(cc1OC(F)F)OCO2. The van der Waals surface area contributed by atoms with Crippen molar-refractivity contribution in [1.29, 1.82) is 0 Å². The smallest absolute Gasteiger partial charge is 0.387 e. The summed E-state index contributed by atoms with van der Waals surface area (Å²) in [6, 6.07) is 5.02. The molecule has 2 heterocycles. The van der Waals surface area contributed by atoms with E-state index in [2.05, 4.69) is 20.4 Å².